The van der Waals surface area contributed by atoms with Crippen molar-refractivity contribution < 1.29 is 9.90 Å². The van der Waals surface area contributed by atoms with Crippen LogP contribution in [0.4, 0.5) is 0 Å². The zero-order chi connectivity index (χ0) is 13.2. The summed E-state index contributed by atoms with van der Waals surface area (Å²) in [4.78, 5) is 18.7. The van der Waals surface area contributed by atoms with Gasteiger partial charge < -0.3 is 5.11 Å². The summed E-state index contributed by atoms with van der Waals surface area (Å²) < 4.78 is 2.02. The fourth-order valence-electron chi connectivity index (χ4n) is 2.35. The van der Waals surface area contributed by atoms with Gasteiger partial charge in [0, 0.05) is 48.4 Å². The molecule has 2 aromatic heterocycles. The molecule has 0 aromatic carbocycles. The lowest BCUT2D eigenvalue weighted by molar-refractivity contribution is -0.138. The van der Waals surface area contributed by atoms with Gasteiger partial charge in [0.1, 0.15) is 0 Å². The molecule has 19 heavy (non-hydrogen) atoms. The van der Waals surface area contributed by atoms with Crippen molar-refractivity contribution >= 4 is 34.0 Å². The number of rotatable bonds is 4. The minimum Gasteiger partial charge on any atom is -0.481 e. The Morgan fingerprint density at radius 2 is 2.47 bits per heavy atom. The lowest BCUT2D eigenvalue weighted by atomic mass is 10.2. The minimum absolute atomic E-state index is 0.121. The Hall–Kier alpha value is -1.05. The Kier molecular flexibility index (Phi) is 3.76. The number of carboxylic acid groups (broad SMARTS) is 1. The molecular weight excluding hydrogens is 282 g/mol. The molecule has 0 aliphatic carbocycles. The summed E-state index contributed by atoms with van der Waals surface area (Å²) in [5, 5.41) is 11.0. The first kappa shape index (κ1) is 13.0. The van der Waals surface area contributed by atoms with Gasteiger partial charge in [-0.15, -0.1) is 11.3 Å². The second-order valence-corrected chi connectivity index (χ2v) is 6.65. The van der Waals surface area contributed by atoms with Gasteiger partial charge in [-0.25, -0.2) is 4.98 Å². The molecule has 1 N–H and O–H groups in total. The molecule has 0 bridgehead atoms. The number of aromatic nitrogens is 2. The number of thioether (sulfide) groups is 1. The molecule has 1 fully saturated rings. The highest BCUT2D eigenvalue weighted by Crippen LogP contribution is 2.21. The number of aliphatic carboxylic acids is 1. The summed E-state index contributed by atoms with van der Waals surface area (Å²) >= 11 is 3.45. The van der Waals surface area contributed by atoms with Crippen LogP contribution in [0.2, 0.25) is 0 Å². The monoisotopic (exact) mass is 297 g/mol. The average molecular weight is 297 g/mol. The molecule has 102 valence electrons. The van der Waals surface area contributed by atoms with E-state index in [1.807, 2.05) is 33.9 Å². The van der Waals surface area contributed by atoms with Gasteiger partial charge in [-0.3, -0.25) is 14.1 Å². The highest BCUT2D eigenvalue weighted by Gasteiger charge is 2.25. The molecule has 7 heteroatoms. The highest BCUT2D eigenvalue weighted by molar-refractivity contribution is 7.99. The summed E-state index contributed by atoms with van der Waals surface area (Å²) in [5.74, 6) is 1.25. The number of nitrogens with zero attached hydrogens (tertiary/aromatic N) is 3. The van der Waals surface area contributed by atoms with Gasteiger partial charge in [0.25, 0.3) is 0 Å². The van der Waals surface area contributed by atoms with Crippen molar-refractivity contribution in [2.45, 2.75) is 19.0 Å². The Labute approximate surface area is 119 Å². The van der Waals surface area contributed by atoms with E-state index in [4.69, 9.17) is 5.11 Å². The smallest absolute Gasteiger partial charge is 0.304 e. The van der Waals surface area contributed by atoms with E-state index in [0.29, 0.717) is 0 Å². The first-order valence-electron chi connectivity index (χ1n) is 6.17. The Bertz CT molecular complexity index is 552. The van der Waals surface area contributed by atoms with E-state index in [0.717, 1.165) is 35.3 Å². The maximum atomic E-state index is 10.9. The van der Waals surface area contributed by atoms with Gasteiger partial charge in [-0.1, -0.05) is 0 Å². The van der Waals surface area contributed by atoms with Crippen molar-refractivity contribution in [3.63, 3.8) is 0 Å². The van der Waals surface area contributed by atoms with E-state index < -0.39 is 5.97 Å². The fraction of sp³-hybridized carbons (Fsp3) is 0.500. The molecule has 1 aliphatic rings. The molecule has 5 nitrogen and oxygen atoms in total. The van der Waals surface area contributed by atoms with Crippen molar-refractivity contribution in [1.29, 1.82) is 0 Å². The van der Waals surface area contributed by atoms with E-state index in [9.17, 15) is 4.79 Å². The number of carbonyl (C=O) groups is 1. The van der Waals surface area contributed by atoms with Crippen LogP contribution < -0.4 is 0 Å². The molecule has 0 radical (unpaired) electrons. The number of imidazole rings is 1. The largest absolute Gasteiger partial charge is 0.481 e. The SMILES string of the molecule is O=C(O)CC1CSCCN1Cc1cn2ccsc2n1. The molecule has 1 unspecified atom stereocenters. The fourth-order valence-corrected chi connectivity index (χ4v) is 4.20. The predicted molar refractivity (Wildman–Crippen MR) is 76.8 cm³/mol. The Morgan fingerprint density at radius 3 is 3.26 bits per heavy atom. The molecule has 0 saturated carbocycles. The second-order valence-electron chi connectivity index (χ2n) is 4.62. The first-order valence-corrected chi connectivity index (χ1v) is 8.20. The van der Waals surface area contributed by atoms with Crippen LogP contribution in [0, 0.1) is 0 Å². The number of hydrogen-bond donors (Lipinski definition) is 1. The first-order chi connectivity index (χ1) is 9.22. The van der Waals surface area contributed by atoms with Crippen LogP contribution >= 0.6 is 23.1 Å². The van der Waals surface area contributed by atoms with Crippen LogP contribution in [0.1, 0.15) is 12.1 Å². The molecule has 1 aliphatic heterocycles. The van der Waals surface area contributed by atoms with Crippen LogP contribution in [0.25, 0.3) is 4.96 Å². The summed E-state index contributed by atoms with van der Waals surface area (Å²) in [6.45, 7) is 1.68. The van der Waals surface area contributed by atoms with E-state index in [-0.39, 0.29) is 12.5 Å². The van der Waals surface area contributed by atoms with Crippen molar-refractivity contribution in [1.82, 2.24) is 14.3 Å². The quantitative estimate of drug-likeness (QED) is 0.932. The van der Waals surface area contributed by atoms with Gasteiger partial charge in [0.15, 0.2) is 4.96 Å². The summed E-state index contributed by atoms with van der Waals surface area (Å²) in [6.07, 6.45) is 4.25. The second kappa shape index (κ2) is 5.52. The van der Waals surface area contributed by atoms with Gasteiger partial charge in [-0.05, 0) is 0 Å². The van der Waals surface area contributed by atoms with Crippen molar-refractivity contribution in [3.05, 3.63) is 23.5 Å². The molecule has 1 saturated heterocycles. The number of fused-ring (bicyclic) bond motifs is 1. The standard InChI is InChI=1S/C12H15N3O2S2/c16-11(17)5-10-8-18-3-1-14(10)6-9-7-15-2-4-19-12(15)13-9/h2,4,7,10H,1,3,5-6,8H2,(H,16,17). The third-order valence-electron chi connectivity index (χ3n) is 3.27. The van der Waals surface area contributed by atoms with E-state index >= 15 is 0 Å². The van der Waals surface area contributed by atoms with Crippen molar-refractivity contribution in [2.75, 3.05) is 18.1 Å². The van der Waals surface area contributed by atoms with Crippen molar-refractivity contribution in [3.8, 4) is 0 Å². The van der Waals surface area contributed by atoms with Crippen LogP contribution in [0.5, 0.6) is 0 Å². The van der Waals surface area contributed by atoms with Crippen LogP contribution in [-0.2, 0) is 11.3 Å². The van der Waals surface area contributed by atoms with Gasteiger partial charge in [-0.2, -0.15) is 11.8 Å². The van der Waals surface area contributed by atoms with Crippen LogP contribution in [0.3, 0.4) is 0 Å². The molecular formula is C12H15N3O2S2. The molecule has 2 aromatic rings. The van der Waals surface area contributed by atoms with Crippen LogP contribution in [-0.4, -0.2) is 49.5 Å². The Morgan fingerprint density at radius 1 is 1.58 bits per heavy atom. The maximum absolute atomic E-state index is 10.9. The molecule has 3 rings (SSSR count). The van der Waals surface area contributed by atoms with E-state index in [1.165, 1.54) is 0 Å². The topological polar surface area (TPSA) is 57.8 Å². The molecule has 0 spiro atoms. The van der Waals surface area contributed by atoms with Gasteiger partial charge in [0.2, 0.25) is 0 Å². The average Bonchev–Trinajstić information content (AvgIpc) is 2.91. The summed E-state index contributed by atoms with van der Waals surface area (Å²) in [7, 11) is 0. The van der Waals surface area contributed by atoms with Gasteiger partial charge in [0.05, 0.1) is 12.1 Å². The lowest BCUT2D eigenvalue weighted by Gasteiger charge is -2.33. The number of hydrogen-bond acceptors (Lipinski definition) is 5. The zero-order valence-corrected chi connectivity index (χ0v) is 12.0. The maximum Gasteiger partial charge on any atom is 0.304 e. The zero-order valence-electron chi connectivity index (χ0n) is 10.4. The minimum atomic E-state index is -0.719. The Balaban J connectivity index is 1.72. The molecule has 1 atom stereocenters. The van der Waals surface area contributed by atoms with Gasteiger partial charge >= 0.3 is 5.97 Å². The third kappa shape index (κ3) is 2.93. The van der Waals surface area contributed by atoms with E-state index in [2.05, 4.69) is 9.88 Å². The normalized spacial score (nSPS) is 20.9. The van der Waals surface area contributed by atoms with Crippen LogP contribution in [0.15, 0.2) is 17.8 Å². The highest BCUT2D eigenvalue weighted by atomic mass is 32.2. The van der Waals surface area contributed by atoms with E-state index in [1.54, 1.807) is 11.3 Å². The summed E-state index contributed by atoms with van der Waals surface area (Å²) in [6, 6.07) is 0.121. The number of thiazole rings is 1. The third-order valence-corrected chi connectivity index (χ3v) is 5.13. The summed E-state index contributed by atoms with van der Waals surface area (Å²) in [5.41, 5.74) is 1.02. The molecule has 0 amide bonds. The van der Waals surface area contributed by atoms with Crippen molar-refractivity contribution in [2.24, 2.45) is 0 Å². The molecule has 3 heterocycles. The lowest BCUT2D eigenvalue weighted by Crippen LogP contribution is -2.43. The predicted octanol–water partition coefficient (Wildman–Crippen LogP) is 1.79. The number of carboxylic acids is 1.